The Morgan fingerprint density at radius 3 is 2.78 bits per heavy atom. The van der Waals surface area contributed by atoms with Gasteiger partial charge in [0.05, 0.1) is 0 Å². The zero-order valence-electron chi connectivity index (χ0n) is 11.0. The van der Waals surface area contributed by atoms with Gasteiger partial charge in [-0.05, 0) is 31.9 Å². The van der Waals surface area contributed by atoms with Gasteiger partial charge >= 0.3 is 0 Å². The number of nitrogens with zero attached hydrogens (tertiary/aromatic N) is 1. The zero-order valence-corrected chi connectivity index (χ0v) is 11.8. The van der Waals surface area contributed by atoms with Crippen molar-refractivity contribution in [2.24, 2.45) is 0 Å². The number of hydrogen-bond donors (Lipinski definition) is 2. The van der Waals surface area contributed by atoms with Gasteiger partial charge in [-0.3, -0.25) is 4.79 Å². The van der Waals surface area contributed by atoms with E-state index in [0.29, 0.717) is 6.04 Å². The minimum absolute atomic E-state index is 0.0675. The molecule has 2 rings (SSSR count). The van der Waals surface area contributed by atoms with Gasteiger partial charge < -0.3 is 10.3 Å². The second-order valence-electron chi connectivity index (χ2n) is 4.78. The molecular weight excluding hydrogens is 246 g/mol. The molecule has 1 fully saturated rings. The van der Waals surface area contributed by atoms with E-state index < -0.39 is 0 Å². The molecule has 18 heavy (non-hydrogen) atoms. The average molecular weight is 267 g/mol. The summed E-state index contributed by atoms with van der Waals surface area (Å²) in [6.45, 7) is 1.99. The van der Waals surface area contributed by atoms with Crippen molar-refractivity contribution in [2.75, 3.05) is 11.6 Å². The summed E-state index contributed by atoms with van der Waals surface area (Å²) in [6, 6.07) is 2.02. The number of aromatic nitrogens is 2. The predicted molar refractivity (Wildman–Crippen MR) is 77.4 cm³/mol. The number of H-pyrrole nitrogens is 1. The first-order valence-corrected chi connectivity index (χ1v) is 7.89. The van der Waals surface area contributed by atoms with Gasteiger partial charge in [0.15, 0.2) is 0 Å². The van der Waals surface area contributed by atoms with Crippen LogP contribution in [0.25, 0.3) is 0 Å². The van der Waals surface area contributed by atoms with Crippen molar-refractivity contribution in [2.45, 2.75) is 50.3 Å². The van der Waals surface area contributed by atoms with Crippen LogP contribution in [0.4, 0.5) is 5.82 Å². The summed E-state index contributed by atoms with van der Waals surface area (Å²) >= 11 is 1.96. The highest BCUT2D eigenvalue weighted by molar-refractivity contribution is 7.99. The van der Waals surface area contributed by atoms with E-state index in [1.54, 1.807) is 6.07 Å². The van der Waals surface area contributed by atoms with E-state index >= 15 is 0 Å². The van der Waals surface area contributed by atoms with Crippen LogP contribution in [0.2, 0.25) is 0 Å². The molecule has 2 N–H and O–H groups in total. The summed E-state index contributed by atoms with van der Waals surface area (Å²) in [5.74, 6) is 1.48. The van der Waals surface area contributed by atoms with Gasteiger partial charge in [-0.1, -0.05) is 6.92 Å². The summed E-state index contributed by atoms with van der Waals surface area (Å²) < 4.78 is 0. The molecule has 1 aromatic heterocycles. The van der Waals surface area contributed by atoms with Crippen LogP contribution in [0, 0.1) is 0 Å². The lowest BCUT2D eigenvalue weighted by molar-refractivity contribution is 0.472. The Hall–Kier alpha value is -0.970. The second kappa shape index (κ2) is 6.27. The Labute approximate surface area is 112 Å². The lowest BCUT2D eigenvalue weighted by Gasteiger charge is -2.28. The molecule has 0 spiro atoms. The molecule has 1 aromatic rings. The topological polar surface area (TPSA) is 57.8 Å². The summed E-state index contributed by atoms with van der Waals surface area (Å²) in [5.41, 5.74) is -0.0675. The van der Waals surface area contributed by atoms with Crippen molar-refractivity contribution in [3.8, 4) is 0 Å². The average Bonchev–Trinajstić information content (AvgIpc) is 2.39. The Morgan fingerprint density at radius 2 is 2.17 bits per heavy atom. The van der Waals surface area contributed by atoms with Crippen LogP contribution in [0.15, 0.2) is 10.9 Å². The first-order valence-electron chi connectivity index (χ1n) is 6.60. The van der Waals surface area contributed by atoms with E-state index in [2.05, 4.69) is 21.5 Å². The molecule has 5 heteroatoms. The fourth-order valence-electron chi connectivity index (χ4n) is 2.40. The third-order valence-corrected chi connectivity index (χ3v) is 4.62. The van der Waals surface area contributed by atoms with E-state index in [1.165, 1.54) is 25.7 Å². The standard InChI is InChI=1S/C13H21N3OS/c1-3-11-15-12(8-13(17)16-11)14-9-4-6-10(18-2)7-5-9/h8-10H,3-7H2,1-2H3,(H2,14,15,16,17). The summed E-state index contributed by atoms with van der Waals surface area (Å²) in [7, 11) is 0. The van der Waals surface area contributed by atoms with Crippen molar-refractivity contribution >= 4 is 17.6 Å². The minimum Gasteiger partial charge on any atom is -0.367 e. The van der Waals surface area contributed by atoms with Crippen LogP contribution in [0.5, 0.6) is 0 Å². The van der Waals surface area contributed by atoms with Gasteiger partial charge in [0, 0.05) is 23.8 Å². The summed E-state index contributed by atoms with van der Waals surface area (Å²) in [4.78, 5) is 18.6. The molecule has 0 amide bonds. The van der Waals surface area contributed by atoms with E-state index in [-0.39, 0.29) is 5.56 Å². The fourth-order valence-corrected chi connectivity index (χ4v) is 3.15. The summed E-state index contributed by atoms with van der Waals surface area (Å²) in [5, 5.41) is 4.21. The van der Waals surface area contributed by atoms with Crippen LogP contribution in [-0.4, -0.2) is 27.5 Å². The van der Waals surface area contributed by atoms with E-state index in [1.807, 2.05) is 18.7 Å². The first-order chi connectivity index (χ1) is 8.71. The van der Waals surface area contributed by atoms with Crippen molar-refractivity contribution in [3.05, 3.63) is 22.2 Å². The Morgan fingerprint density at radius 1 is 1.44 bits per heavy atom. The van der Waals surface area contributed by atoms with Crippen molar-refractivity contribution < 1.29 is 0 Å². The Balaban J connectivity index is 1.97. The smallest absolute Gasteiger partial charge is 0.252 e. The Kier molecular flexibility index (Phi) is 4.69. The lowest BCUT2D eigenvalue weighted by Crippen LogP contribution is -2.28. The largest absolute Gasteiger partial charge is 0.367 e. The van der Waals surface area contributed by atoms with Crippen molar-refractivity contribution in [3.63, 3.8) is 0 Å². The molecule has 1 aliphatic carbocycles. The molecule has 0 atom stereocenters. The third-order valence-electron chi connectivity index (χ3n) is 3.49. The molecule has 1 saturated carbocycles. The molecule has 0 bridgehead atoms. The molecule has 4 nitrogen and oxygen atoms in total. The number of hydrogen-bond acceptors (Lipinski definition) is 4. The number of aromatic amines is 1. The molecule has 0 saturated heterocycles. The number of anilines is 1. The molecule has 0 unspecified atom stereocenters. The minimum atomic E-state index is -0.0675. The van der Waals surface area contributed by atoms with Gasteiger partial charge in [0.25, 0.3) is 5.56 Å². The molecule has 0 aliphatic heterocycles. The van der Waals surface area contributed by atoms with Gasteiger partial charge in [-0.2, -0.15) is 11.8 Å². The van der Waals surface area contributed by atoms with Crippen molar-refractivity contribution in [1.29, 1.82) is 0 Å². The molecule has 0 aromatic carbocycles. The number of aryl methyl sites for hydroxylation is 1. The van der Waals surface area contributed by atoms with E-state index in [4.69, 9.17) is 0 Å². The maximum atomic E-state index is 11.5. The van der Waals surface area contributed by atoms with Crippen LogP contribution in [0.3, 0.4) is 0 Å². The van der Waals surface area contributed by atoms with Crippen LogP contribution in [-0.2, 0) is 6.42 Å². The zero-order chi connectivity index (χ0) is 13.0. The highest BCUT2D eigenvalue weighted by atomic mass is 32.2. The quantitative estimate of drug-likeness (QED) is 0.879. The molecular formula is C13H21N3OS. The van der Waals surface area contributed by atoms with E-state index in [9.17, 15) is 4.79 Å². The van der Waals surface area contributed by atoms with Crippen LogP contribution < -0.4 is 10.9 Å². The lowest BCUT2D eigenvalue weighted by atomic mass is 9.95. The normalized spacial score (nSPS) is 23.9. The highest BCUT2D eigenvalue weighted by Gasteiger charge is 2.20. The molecule has 100 valence electrons. The Bertz CT molecular complexity index is 438. The van der Waals surface area contributed by atoms with Crippen molar-refractivity contribution in [1.82, 2.24) is 9.97 Å². The molecule has 1 aliphatic rings. The maximum absolute atomic E-state index is 11.5. The monoisotopic (exact) mass is 267 g/mol. The van der Waals surface area contributed by atoms with Gasteiger partial charge in [-0.25, -0.2) is 4.98 Å². The van der Waals surface area contributed by atoms with Crippen LogP contribution >= 0.6 is 11.8 Å². The molecule has 0 radical (unpaired) electrons. The first kappa shape index (κ1) is 13.5. The SMILES string of the molecule is CCc1nc(NC2CCC(SC)CC2)cc(=O)[nH]1. The third kappa shape index (κ3) is 3.51. The maximum Gasteiger partial charge on any atom is 0.252 e. The van der Waals surface area contributed by atoms with Gasteiger partial charge in [-0.15, -0.1) is 0 Å². The number of thioether (sulfide) groups is 1. The summed E-state index contributed by atoms with van der Waals surface area (Å²) in [6.07, 6.45) is 7.78. The van der Waals surface area contributed by atoms with E-state index in [0.717, 1.165) is 23.3 Å². The van der Waals surface area contributed by atoms with Gasteiger partial charge in [0.2, 0.25) is 0 Å². The van der Waals surface area contributed by atoms with Crippen LogP contribution in [0.1, 0.15) is 38.4 Å². The van der Waals surface area contributed by atoms with Gasteiger partial charge in [0.1, 0.15) is 11.6 Å². The highest BCUT2D eigenvalue weighted by Crippen LogP contribution is 2.28. The fraction of sp³-hybridized carbons (Fsp3) is 0.692. The number of rotatable bonds is 4. The molecule has 1 heterocycles. The number of nitrogens with one attached hydrogen (secondary N) is 2. The predicted octanol–water partition coefficient (Wildman–Crippen LogP) is 2.42. The second-order valence-corrected chi connectivity index (χ2v) is 5.92.